The van der Waals surface area contributed by atoms with Crippen molar-refractivity contribution >= 4 is 27.2 Å². The maximum atomic E-state index is 9.81. The number of carbonyl (C=O) groups is 2. The third-order valence-electron chi connectivity index (χ3n) is 0.638. The van der Waals surface area contributed by atoms with Gasteiger partial charge in [-0.2, -0.15) is 0 Å². The number of carboxylic acids is 2. The predicted octanol–water partition coefficient (Wildman–Crippen LogP) is -0.304. The largest absolute Gasteiger partial charge is 0.482 e. The first kappa shape index (κ1) is 8.47. The molecule has 2 N–H and O–H groups in total. The van der Waals surface area contributed by atoms with Crippen LogP contribution < -0.4 is 0 Å². The second-order valence-electron chi connectivity index (χ2n) is 1.48. The molecule has 5 heteroatoms. The Hall–Kier alpha value is -0.528. The quantitative estimate of drug-likeness (QED) is 0.532. The summed E-state index contributed by atoms with van der Waals surface area (Å²) in [6.07, 6.45) is 0. The van der Waals surface area contributed by atoms with E-state index in [4.69, 9.17) is 10.2 Å². The van der Waals surface area contributed by atoms with Crippen molar-refractivity contribution in [2.24, 2.45) is 0 Å². The first-order chi connectivity index (χ1) is 4.13. The van der Waals surface area contributed by atoms with E-state index < -0.39 is 27.2 Å². The van der Waals surface area contributed by atoms with Crippen molar-refractivity contribution in [3.05, 3.63) is 0 Å². The fourth-order valence-corrected chi connectivity index (χ4v) is 0.957. The number of aliphatic carboxylic acids is 2. The zero-order valence-electron chi connectivity index (χ0n) is 4.70. The monoisotopic (exact) mass is 145 g/mol. The molecule has 9 heavy (non-hydrogen) atoms. The zero-order valence-corrected chi connectivity index (χ0v) is 5.86. The Kier molecular flexibility index (Phi) is 4.11. The highest BCUT2D eigenvalue weighted by Crippen LogP contribution is 1.84. The second-order valence-corrected chi connectivity index (χ2v) is 2.88. The molecule has 0 aliphatic rings. The second kappa shape index (κ2) is 4.36. The van der Waals surface area contributed by atoms with Gasteiger partial charge in [0.25, 0.3) is 11.9 Å². The molecule has 0 aromatic heterocycles. The Bertz CT molecular complexity index is 108. The van der Waals surface area contributed by atoms with E-state index in [1.165, 1.54) is 0 Å². The van der Waals surface area contributed by atoms with Gasteiger partial charge in [-0.05, 0) is 10.6 Å². The molecule has 0 saturated heterocycles. The summed E-state index contributed by atoms with van der Waals surface area (Å²) in [4.78, 5) is 19.6. The van der Waals surface area contributed by atoms with Crippen LogP contribution in [0, 0.1) is 0 Å². The Morgan fingerprint density at radius 3 is 1.67 bits per heavy atom. The van der Waals surface area contributed by atoms with Crippen LogP contribution >= 0.6 is 0 Å². The van der Waals surface area contributed by atoms with Crippen LogP contribution in [-0.2, 0) is 9.59 Å². The van der Waals surface area contributed by atoms with Crippen LogP contribution in [0.3, 0.4) is 0 Å². The van der Waals surface area contributed by atoms with Crippen LogP contribution in [-0.4, -0.2) is 37.4 Å². The van der Waals surface area contributed by atoms with E-state index in [1.807, 2.05) is 0 Å². The molecule has 0 bridgehead atoms. The fraction of sp³-hybridized carbons (Fsp3) is 0.500. The summed E-state index contributed by atoms with van der Waals surface area (Å²) < 4.78 is 0. The number of rotatable bonds is 4. The van der Waals surface area contributed by atoms with Crippen LogP contribution in [0.5, 0.6) is 0 Å². The lowest BCUT2D eigenvalue weighted by Gasteiger charge is -1.86. The van der Waals surface area contributed by atoms with E-state index in [9.17, 15) is 9.59 Å². The standard InChI is InChI=1S/2C2H3O2.Al/c2*1-2(3)4;/h2*1H2,(H,3,4);. The number of carboxylic acid groups (broad SMARTS) is 2. The molecule has 0 heterocycles. The van der Waals surface area contributed by atoms with E-state index in [0.717, 1.165) is 0 Å². The van der Waals surface area contributed by atoms with Crippen molar-refractivity contribution in [3.63, 3.8) is 0 Å². The first-order valence-corrected chi connectivity index (χ1v) is 4.01. The molecule has 0 rings (SSSR count). The smallest absolute Gasteiger partial charge is 0.289 e. The predicted molar refractivity (Wildman–Crippen MR) is 30.6 cm³/mol. The lowest BCUT2D eigenvalue weighted by Crippen LogP contribution is -2.05. The van der Waals surface area contributed by atoms with E-state index in [2.05, 4.69) is 0 Å². The molecule has 0 aromatic rings. The molecule has 0 atom stereocenters. The van der Waals surface area contributed by atoms with Gasteiger partial charge in [0, 0.05) is 0 Å². The van der Waals surface area contributed by atoms with E-state index >= 15 is 0 Å². The Balaban J connectivity index is 3.10. The fourth-order valence-electron chi connectivity index (χ4n) is 0.319. The van der Waals surface area contributed by atoms with Crippen LogP contribution in [0.1, 0.15) is 0 Å². The van der Waals surface area contributed by atoms with Gasteiger partial charge in [-0.25, -0.2) is 0 Å². The zero-order chi connectivity index (χ0) is 7.28. The van der Waals surface area contributed by atoms with Gasteiger partial charge >= 0.3 is 0 Å². The molecule has 0 fully saturated rings. The van der Waals surface area contributed by atoms with Gasteiger partial charge in [0.1, 0.15) is 0 Å². The molecule has 0 unspecified atom stereocenters. The van der Waals surface area contributed by atoms with Crippen LogP contribution in [0.15, 0.2) is 0 Å². The van der Waals surface area contributed by atoms with Crippen LogP contribution in [0.25, 0.3) is 0 Å². The Morgan fingerprint density at radius 1 is 1.11 bits per heavy atom. The first-order valence-electron chi connectivity index (χ1n) is 2.38. The molecule has 4 nitrogen and oxygen atoms in total. The van der Waals surface area contributed by atoms with E-state index in [-0.39, 0.29) is 10.6 Å². The van der Waals surface area contributed by atoms with Gasteiger partial charge in [0.2, 0.25) is 15.2 Å². The third kappa shape index (κ3) is 7.47. The SMILES string of the molecule is O=C(O)[CH2][Al][CH2]C(=O)O. The molecule has 0 aliphatic heterocycles. The van der Waals surface area contributed by atoms with E-state index in [1.54, 1.807) is 0 Å². The molecule has 1 radical (unpaired) electrons. The van der Waals surface area contributed by atoms with Gasteiger partial charge in [0.15, 0.2) is 0 Å². The van der Waals surface area contributed by atoms with Gasteiger partial charge in [-0.1, -0.05) is 0 Å². The average Bonchev–Trinajstić information content (AvgIpc) is 1.63. The summed E-state index contributed by atoms with van der Waals surface area (Å²) >= 11 is -0.444. The maximum Gasteiger partial charge on any atom is 0.289 e. The van der Waals surface area contributed by atoms with Gasteiger partial charge in [-0.3, -0.25) is 9.59 Å². The van der Waals surface area contributed by atoms with Crippen molar-refractivity contribution in [1.29, 1.82) is 0 Å². The minimum atomic E-state index is -0.911. The summed E-state index contributed by atoms with van der Waals surface area (Å²) in [5.41, 5.74) is 0. The van der Waals surface area contributed by atoms with Crippen molar-refractivity contribution in [1.82, 2.24) is 0 Å². The maximum absolute atomic E-state index is 9.81. The molecular formula is C4H6AlO4. The van der Waals surface area contributed by atoms with Crippen LogP contribution in [0.2, 0.25) is 10.6 Å². The van der Waals surface area contributed by atoms with Gasteiger partial charge < -0.3 is 10.2 Å². The van der Waals surface area contributed by atoms with Crippen molar-refractivity contribution in [2.75, 3.05) is 0 Å². The number of hydrogen-bond donors (Lipinski definition) is 2. The number of hydrogen-bond acceptors (Lipinski definition) is 2. The highest BCUT2D eigenvalue weighted by Gasteiger charge is 2.02. The lowest BCUT2D eigenvalue weighted by molar-refractivity contribution is -0.134. The molecular weight excluding hydrogens is 139 g/mol. The van der Waals surface area contributed by atoms with E-state index in [0.29, 0.717) is 0 Å². The Morgan fingerprint density at radius 2 is 1.44 bits per heavy atom. The molecule has 0 aliphatic carbocycles. The minimum Gasteiger partial charge on any atom is -0.482 e. The molecule has 0 spiro atoms. The normalized spacial score (nSPS) is 8.44. The van der Waals surface area contributed by atoms with Crippen LogP contribution in [0.4, 0.5) is 0 Å². The molecule has 0 saturated carbocycles. The highest BCUT2D eigenvalue weighted by molar-refractivity contribution is 6.44. The average molecular weight is 145 g/mol. The third-order valence-corrected chi connectivity index (χ3v) is 1.91. The molecule has 0 amide bonds. The Labute approximate surface area is 58.2 Å². The van der Waals surface area contributed by atoms with Gasteiger partial charge in [-0.15, -0.1) is 0 Å². The molecule has 0 aromatic carbocycles. The summed E-state index contributed by atoms with van der Waals surface area (Å²) in [5.74, 6) is -1.82. The van der Waals surface area contributed by atoms with Crippen molar-refractivity contribution < 1.29 is 19.8 Å². The summed E-state index contributed by atoms with van der Waals surface area (Å²) in [7, 11) is 0. The highest BCUT2D eigenvalue weighted by atomic mass is 27.1. The summed E-state index contributed by atoms with van der Waals surface area (Å²) in [5, 5.41) is 16.1. The van der Waals surface area contributed by atoms with Crippen molar-refractivity contribution in [3.8, 4) is 0 Å². The summed E-state index contributed by atoms with van der Waals surface area (Å²) in [6, 6.07) is 0. The topological polar surface area (TPSA) is 74.6 Å². The minimum absolute atomic E-state index is 0.0201. The lowest BCUT2D eigenvalue weighted by atomic mass is 10.8. The van der Waals surface area contributed by atoms with Crippen molar-refractivity contribution in [2.45, 2.75) is 10.6 Å². The summed E-state index contributed by atoms with van der Waals surface area (Å²) in [6.45, 7) is 0. The van der Waals surface area contributed by atoms with Gasteiger partial charge in [0.05, 0.1) is 0 Å². The molecule has 49 valence electrons.